The molecule has 2 saturated heterocycles. The van der Waals surface area contributed by atoms with Crippen LogP contribution in [-0.2, 0) is 16.6 Å². The first-order valence-electron chi connectivity index (χ1n) is 9.79. The first-order chi connectivity index (χ1) is 13.0. The van der Waals surface area contributed by atoms with Crippen molar-refractivity contribution < 1.29 is 9.59 Å². The van der Waals surface area contributed by atoms with Crippen molar-refractivity contribution in [1.29, 1.82) is 5.26 Å². The molecule has 0 spiro atoms. The molecule has 2 amide bonds. The SMILES string of the molecule is Cn1cc(N2CCC[C@@H](N3CCN(C(=O)C4(C#N)CCC4)CC3)C2=O)cn1. The highest BCUT2D eigenvalue weighted by Crippen LogP contribution is 2.42. The van der Waals surface area contributed by atoms with Crippen LogP contribution in [0.4, 0.5) is 5.69 Å². The summed E-state index contributed by atoms with van der Waals surface area (Å²) in [6.45, 7) is 3.29. The van der Waals surface area contributed by atoms with E-state index in [9.17, 15) is 14.9 Å². The molecule has 0 radical (unpaired) electrons. The van der Waals surface area contributed by atoms with Gasteiger partial charge in [0.25, 0.3) is 0 Å². The van der Waals surface area contributed by atoms with Crippen molar-refractivity contribution >= 4 is 17.5 Å². The number of amides is 2. The van der Waals surface area contributed by atoms with Gasteiger partial charge >= 0.3 is 0 Å². The number of nitrogens with zero attached hydrogens (tertiary/aromatic N) is 6. The van der Waals surface area contributed by atoms with Crippen LogP contribution in [0.1, 0.15) is 32.1 Å². The number of hydrogen-bond acceptors (Lipinski definition) is 5. The van der Waals surface area contributed by atoms with E-state index in [0.717, 1.165) is 31.5 Å². The maximum Gasteiger partial charge on any atom is 0.244 e. The van der Waals surface area contributed by atoms with E-state index in [-0.39, 0.29) is 17.9 Å². The molecule has 3 fully saturated rings. The van der Waals surface area contributed by atoms with Crippen molar-refractivity contribution in [3.05, 3.63) is 12.4 Å². The Kier molecular flexibility index (Phi) is 4.64. The highest BCUT2D eigenvalue weighted by molar-refractivity contribution is 5.97. The Hall–Kier alpha value is -2.40. The van der Waals surface area contributed by atoms with Crippen molar-refractivity contribution in [2.24, 2.45) is 12.5 Å². The molecule has 0 N–H and O–H groups in total. The monoisotopic (exact) mass is 370 g/mol. The van der Waals surface area contributed by atoms with E-state index < -0.39 is 5.41 Å². The first-order valence-corrected chi connectivity index (χ1v) is 9.79. The van der Waals surface area contributed by atoms with Crippen LogP contribution in [0.5, 0.6) is 0 Å². The van der Waals surface area contributed by atoms with Gasteiger partial charge in [-0.15, -0.1) is 0 Å². The zero-order valence-corrected chi connectivity index (χ0v) is 15.8. The number of rotatable bonds is 3. The van der Waals surface area contributed by atoms with Crippen LogP contribution in [0.25, 0.3) is 0 Å². The minimum atomic E-state index is -0.778. The second kappa shape index (κ2) is 6.97. The maximum atomic E-state index is 13.0. The second-order valence-electron chi connectivity index (χ2n) is 7.90. The molecule has 0 unspecified atom stereocenters. The summed E-state index contributed by atoms with van der Waals surface area (Å²) in [6, 6.07) is 2.11. The molecule has 1 saturated carbocycles. The van der Waals surface area contributed by atoms with Crippen LogP contribution >= 0.6 is 0 Å². The van der Waals surface area contributed by atoms with E-state index in [2.05, 4.69) is 16.1 Å². The summed E-state index contributed by atoms with van der Waals surface area (Å²) in [5.74, 6) is 0.115. The summed E-state index contributed by atoms with van der Waals surface area (Å²) >= 11 is 0. The Morgan fingerprint density at radius 3 is 2.52 bits per heavy atom. The van der Waals surface area contributed by atoms with Gasteiger partial charge in [0.1, 0.15) is 5.41 Å². The first kappa shape index (κ1) is 18.0. The van der Waals surface area contributed by atoms with Crippen molar-refractivity contribution in [3.63, 3.8) is 0 Å². The average Bonchev–Trinajstić information content (AvgIpc) is 3.08. The molecule has 1 aliphatic carbocycles. The Morgan fingerprint density at radius 2 is 1.96 bits per heavy atom. The molecule has 4 rings (SSSR count). The number of aromatic nitrogens is 2. The zero-order chi connectivity index (χ0) is 19.0. The highest BCUT2D eigenvalue weighted by Gasteiger charge is 2.47. The Morgan fingerprint density at radius 1 is 1.22 bits per heavy atom. The van der Waals surface area contributed by atoms with Gasteiger partial charge in [-0.25, -0.2) is 0 Å². The number of carbonyl (C=O) groups is 2. The lowest BCUT2D eigenvalue weighted by Gasteiger charge is -2.44. The van der Waals surface area contributed by atoms with Gasteiger partial charge < -0.3 is 9.80 Å². The number of carbonyl (C=O) groups excluding carboxylic acids is 2. The lowest BCUT2D eigenvalue weighted by atomic mass is 9.69. The van der Waals surface area contributed by atoms with Crippen molar-refractivity contribution in [2.75, 3.05) is 37.6 Å². The lowest BCUT2D eigenvalue weighted by Crippen LogP contribution is -2.60. The van der Waals surface area contributed by atoms with E-state index in [1.165, 1.54) is 0 Å². The predicted molar refractivity (Wildman–Crippen MR) is 98.6 cm³/mol. The molecular weight excluding hydrogens is 344 g/mol. The minimum absolute atomic E-state index is 0.0112. The highest BCUT2D eigenvalue weighted by atomic mass is 16.2. The number of piperazine rings is 1. The van der Waals surface area contributed by atoms with Gasteiger partial charge in [-0.3, -0.25) is 19.2 Å². The van der Waals surface area contributed by atoms with E-state index in [4.69, 9.17) is 0 Å². The normalized spacial score (nSPS) is 25.8. The smallest absolute Gasteiger partial charge is 0.244 e. The summed E-state index contributed by atoms with van der Waals surface area (Å²) < 4.78 is 1.71. The fourth-order valence-electron chi connectivity index (χ4n) is 4.44. The van der Waals surface area contributed by atoms with Gasteiger partial charge in [0.05, 0.1) is 24.0 Å². The van der Waals surface area contributed by atoms with E-state index in [1.54, 1.807) is 10.9 Å². The summed E-state index contributed by atoms with van der Waals surface area (Å²) in [6.07, 6.45) is 7.74. The standard InChI is InChI=1S/C19H26N6O2/c1-22-13-15(12-21-22)25-7-2-4-16(17(25)26)23-8-10-24(11-9-23)18(27)19(14-20)5-3-6-19/h12-13,16H,2-11H2,1H3/t16-/m1/s1. The molecule has 1 atom stereocenters. The van der Waals surface area contributed by atoms with E-state index in [1.807, 2.05) is 23.0 Å². The van der Waals surface area contributed by atoms with Gasteiger partial charge in [-0.2, -0.15) is 10.4 Å². The van der Waals surface area contributed by atoms with Crippen LogP contribution in [0.2, 0.25) is 0 Å². The molecule has 3 heterocycles. The molecule has 0 aromatic carbocycles. The van der Waals surface area contributed by atoms with Gasteiger partial charge in [0.2, 0.25) is 11.8 Å². The molecule has 3 aliphatic rings. The van der Waals surface area contributed by atoms with Crippen LogP contribution in [0.3, 0.4) is 0 Å². The number of anilines is 1. The third kappa shape index (κ3) is 3.10. The number of hydrogen-bond donors (Lipinski definition) is 0. The maximum absolute atomic E-state index is 13.0. The molecule has 27 heavy (non-hydrogen) atoms. The van der Waals surface area contributed by atoms with Gasteiger partial charge in [0, 0.05) is 46.0 Å². The van der Waals surface area contributed by atoms with Gasteiger partial charge in [0.15, 0.2) is 0 Å². The van der Waals surface area contributed by atoms with Crippen LogP contribution in [0.15, 0.2) is 12.4 Å². The van der Waals surface area contributed by atoms with Crippen LogP contribution < -0.4 is 4.90 Å². The molecule has 1 aromatic heterocycles. The molecule has 2 aliphatic heterocycles. The molecule has 8 nitrogen and oxygen atoms in total. The van der Waals surface area contributed by atoms with E-state index >= 15 is 0 Å². The van der Waals surface area contributed by atoms with Crippen molar-refractivity contribution in [1.82, 2.24) is 19.6 Å². The fourth-order valence-corrected chi connectivity index (χ4v) is 4.44. The molecule has 8 heteroatoms. The summed E-state index contributed by atoms with van der Waals surface area (Å²) in [4.78, 5) is 31.6. The number of piperidine rings is 1. The Bertz CT molecular complexity index is 769. The largest absolute Gasteiger partial charge is 0.339 e. The fraction of sp³-hybridized carbons (Fsp3) is 0.684. The summed E-state index contributed by atoms with van der Waals surface area (Å²) in [7, 11) is 1.85. The van der Waals surface area contributed by atoms with Gasteiger partial charge in [-0.05, 0) is 32.1 Å². The van der Waals surface area contributed by atoms with Crippen LogP contribution in [-0.4, -0.2) is 70.2 Å². The third-order valence-electron chi connectivity index (χ3n) is 6.29. The summed E-state index contributed by atoms with van der Waals surface area (Å²) in [5.41, 5.74) is 0.0712. The zero-order valence-electron chi connectivity index (χ0n) is 15.8. The predicted octanol–water partition coefficient (Wildman–Crippen LogP) is 0.754. The van der Waals surface area contributed by atoms with Gasteiger partial charge in [-0.1, -0.05) is 0 Å². The second-order valence-corrected chi connectivity index (χ2v) is 7.90. The Labute approximate surface area is 159 Å². The van der Waals surface area contributed by atoms with Crippen molar-refractivity contribution in [3.8, 4) is 6.07 Å². The summed E-state index contributed by atoms with van der Waals surface area (Å²) in [5, 5.41) is 13.6. The molecule has 1 aromatic rings. The average molecular weight is 370 g/mol. The topological polar surface area (TPSA) is 85.5 Å². The Balaban J connectivity index is 1.38. The molecular formula is C19H26N6O2. The van der Waals surface area contributed by atoms with Crippen LogP contribution in [0, 0.1) is 16.7 Å². The molecule has 144 valence electrons. The minimum Gasteiger partial charge on any atom is -0.339 e. The number of aryl methyl sites for hydroxylation is 1. The molecule has 0 bridgehead atoms. The van der Waals surface area contributed by atoms with E-state index in [0.29, 0.717) is 39.0 Å². The van der Waals surface area contributed by atoms with Crippen molar-refractivity contribution in [2.45, 2.75) is 38.1 Å². The number of nitriles is 1. The lowest BCUT2D eigenvalue weighted by molar-refractivity contribution is -0.145. The quantitative estimate of drug-likeness (QED) is 0.784. The third-order valence-corrected chi connectivity index (χ3v) is 6.29.